The summed E-state index contributed by atoms with van der Waals surface area (Å²) in [5.41, 5.74) is 0. The molecule has 0 spiro atoms. The second-order valence-corrected chi connectivity index (χ2v) is 8.50. The zero-order chi connectivity index (χ0) is 15.5. The molecule has 0 saturated heterocycles. The molecule has 0 aliphatic heterocycles. The maximum absolute atomic E-state index is 12.5. The number of ether oxygens (including phenoxy) is 1. The third-order valence-corrected chi connectivity index (χ3v) is 7.12. The van der Waals surface area contributed by atoms with Gasteiger partial charge in [0.15, 0.2) is 0 Å². The van der Waals surface area contributed by atoms with Crippen LogP contribution in [0.2, 0.25) is 0 Å². The first-order valence-electron chi connectivity index (χ1n) is 8.02. The summed E-state index contributed by atoms with van der Waals surface area (Å²) < 4.78 is 32.5. The number of rotatable bonds is 5. The molecule has 0 amide bonds. The van der Waals surface area contributed by atoms with Gasteiger partial charge in [-0.05, 0) is 31.1 Å². The smallest absolute Gasteiger partial charge is 0.310 e. The number of carbonyl (C=O) groups is 1. The normalized spacial score (nSPS) is 33.8. The van der Waals surface area contributed by atoms with E-state index in [9.17, 15) is 13.2 Å². The minimum atomic E-state index is -3.44. The van der Waals surface area contributed by atoms with E-state index in [0.717, 1.165) is 12.8 Å². The van der Waals surface area contributed by atoms with Crippen LogP contribution in [0.1, 0.15) is 51.9 Å². The third-order valence-electron chi connectivity index (χ3n) is 5.19. The second kappa shape index (κ2) is 7.09. The van der Waals surface area contributed by atoms with Gasteiger partial charge in [-0.15, -0.1) is 0 Å². The lowest BCUT2D eigenvalue weighted by Gasteiger charge is -2.29. The molecule has 0 aromatic rings. The number of hydrogen-bond donors (Lipinski definition) is 1. The molecule has 0 aromatic heterocycles. The Morgan fingerprint density at radius 1 is 1.14 bits per heavy atom. The molecule has 4 atom stereocenters. The van der Waals surface area contributed by atoms with Crippen molar-refractivity contribution in [2.24, 2.45) is 17.8 Å². The van der Waals surface area contributed by atoms with Crippen LogP contribution in [-0.4, -0.2) is 33.3 Å². The summed E-state index contributed by atoms with van der Waals surface area (Å²) in [6.45, 7) is 2.71. The van der Waals surface area contributed by atoms with E-state index in [0.29, 0.717) is 31.2 Å². The molecule has 5 nitrogen and oxygen atoms in total. The number of sulfonamides is 1. The highest BCUT2D eigenvalue weighted by Crippen LogP contribution is 2.33. The van der Waals surface area contributed by atoms with Gasteiger partial charge in [-0.3, -0.25) is 4.79 Å². The highest BCUT2D eigenvalue weighted by Gasteiger charge is 2.42. The quantitative estimate of drug-likeness (QED) is 0.788. The Labute approximate surface area is 127 Å². The first kappa shape index (κ1) is 16.7. The Morgan fingerprint density at radius 2 is 1.86 bits per heavy atom. The zero-order valence-corrected chi connectivity index (χ0v) is 13.8. The van der Waals surface area contributed by atoms with Crippen LogP contribution in [0.5, 0.6) is 0 Å². The Kier molecular flexibility index (Phi) is 5.66. The van der Waals surface area contributed by atoms with Crippen molar-refractivity contribution in [3.63, 3.8) is 0 Å². The summed E-state index contributed by atoms with van der Waals surface area (Å²) in [4.78, 5) is 11.7. The fourth-order valence-electron chi connectivity index (χ4n) is 3.74. The van der Waals surface area contributed by atoms with E-state index < -0.39 is 27.2 Å². The summed E-state index contributed by atoms with van der Waals surface area (Å²) in [5, 5.41) is -0.621. The first-order valence-corrected chi connectivity index (χ1v) is 9.56. The first-order chi connectivity index (χ1) is 9.95. The van der Waals surface area contributed by atoms with E-state index in [1.165, 1.54) is 26.4 Å². The van der Waals surface area contributed by atoms with Crippen molar-refractivity contribution < 1.29 is 17.9 Å². The largest absolute Gasteiger partial charge is 0.469 e. The van der Waals surface area contributed by atoms with Gasteiger partial charge < -0.3 is 4.74 Å². The average molecular weight is 317 g/mol. The van der Waals surface area contributed by atoms with E-state index in [4.69, 9.17) is 4.74 Å². The summed E-state index contributed by atoms with van der Waals surface area (Å²) >= 11 is 0. The van der Waals surface area contributed by atoms with Gasteiger partial charge in [0.05, 0.1) is 18.3 Å². The van der Waals surface area contributed by atoms with Crippen LogP contribution in [0.4, 0.5) is 0 Å². The van der Waals surface area contributed by atoms with Gasteiger partial charge >= 0.3 is 5.97 Å². The highest BCUT2D eigenvalue weighted by molar-refractivity contribution is 7.90. The van der Waals surface area contributed by atoms with E-state index in [1.54, 1.807) is 0 Å². The molecular weight excluding hydrogens is 290 g/mol. The van der Waals surface area contributed by atoms with Gasteiger partial charge in [-0.25, -0.2) is 13.1 Å². The Bertz CT molecular complexity index is 462. The van der Waals surface area contributed by atoms with E-state index >= 15 is 0 Å². The predicted molar refractivity (Wildman–Crippen MR) is 81.2 cm³/mol. The molecule has 1 N–H and O–H groups in total. The molecule has 2 saturated carbocycles. The lowest BCUT2D eigenvalue weighted by Crippen LogP contribution is -2.42. The van der Waals surface area contributed by atoms with Gasteiger partial charge in [0.25, 0.3) is 0 Å². The lowest BCUT2D eigenvalue weighted by atomic mass is 9.81. The van der Waals surface area contributed by atoms with Crippen LogP contribution < -0.4 is 4.72 Å². The molecule has 0 radical (unpaired) electrons. The van der Waals surface area contributed by atoms with Gasteiger partial charge in [-0.1, -0.05) is 32.6 Å². The van der Waals surface area contributed by atoms with Gasteiger partial charge in [0.2, 0.25) is 10.0 Å². The Hall–Kier alpha value is -0.620. The minimum Gasteiger partial charge on any atom is -0.469 e. The van der Waals surface area contributed by atoms with Gasteiger partial charge in [-0.2, -0.15) is 0 Å². The number of carbonyl (C=O) groups excluding carboxylic acids is 1. The van der Waals surface area contributed by atoms with Crippen LogP contribution in [-0.2, 0) is 19.6 Å². The minimum absolute atomic E-state index is 0.395. The molecule has 122 valence electrons. The molecule has 4 unspecified atom stereocenters. The summed E-state index contributed by atoms with van der Waals surface area (Å²) in [5.74, 6) is 0.0955. The Morgan fingerprint density at radius 3 is 2.52 bits per heavy atom. The molecule has 21 heavy (non-hydrogen) atoms. The number of nitrogens with one attached hydrogen (secondary N) is 1. The molecule has 2 aliphatic carbocycles. The summed E-state index contributed by atoms with van der Waals surface area (Å²) in [7, 11) is -2.12. The van der Waals surface area contributed by atoms with Crippen LogP contribution >= 0.6 is 0 Å². The van der Waals surface area contributed by atoms with Crippen LogP contribution in [0, 0.1) is 17.8 Å². The fraction of sp³-hybridized carbons (Fsp3) is 0.933. The van der Waals surface area contributed by atoms with Crippen LogP contribution in [0.15, 0.2) is 0 Å². The van der Waals surface area contributed by atoms with Crippen molar-refractivity contribution in [2.45, 2.75) is 57.1 Å². The molecular formula is C15H27NO4S. The van der Waals surface area contributed by atoms with Crippen LogP contribution in [0.25, 0.3) is 0 Å². The number of methoxy groups -OCH3 is 1. The highest BCUT2D eigenvalue weighted by atomic mass is 32.2. The monoisotopic (exact) mass is 317 g/mol. The van der Waals surface area contributed by atoms with Crippen molar-refractivity contribution in [3.8, 4) is 0 Å². The number of hydrogen-bond acceptors (Lipinski definition) is 4. The van der Waals surface area contributed by atoms with E-state index in [-0.39, 0.29) is 0 Å². The maximum atomic E-state index is 12.5. The van der Waals surface area contributed by atoms with Crippen molar-refractivity contribution in [1.29, 1.82) is 0 Å². The molecule has 0 aromatic carbocycles. The van der Waals surface area contributed by atoms with Crippen molar-refractivity contribution in [3.05, 3.63) is 0 Å². The standard InChI is InChI=1S/C15H27NO4S/c1-11-6-3-4-7-12(11)10-16-21(18,19)14-9-5-8-13(14)15(17)20-2/h11-14,16H,3-10H2,1-2H3. The van der Waals surface area contributed by atoms with Gasteiger partial charge in [0, 0.05) is 6.54 Å². The summed E-state index contributed by atoms with van der Waals surface area (Å²) in [6, 6.07) is 0. The second-order valence-electron chi connectivity index (χ2n) is 6.51. The van der Waals surface area contributed by atoms with Crippen molar-refractivity contribution in [1.82, 2.24) is 4.72 Å². The van der Waals surface area contributed by atoms with Crippen molar-refractivity contribution in [2.75, 3.05) is 13.7 Å². The predicted octanol–water partition coefficient (Wildman–Crippen LogP) is 2.07. The van der Waals surface area contributed by atoms with Gasteiger partial charge in [0.1, 0.15) is 0 Å². The molecule has 2 rings (SSSR count). The molecule has 2 aliphatic rings. The van der Waals surface area contributed by atoms with Crippen LogP contribution in [0.3, 0.4) is 0 Å². The Balaban J connectivity index is 1.96. The lowest BCUT2D eigenvalue weighted by molar-refractivity contribution is -0.145. The SMILES string of the molecule is COC(=O)C1CCCC1S(=O)(=O)NCC1CCCCC1C. The molecule has 0 heterocycles. The topological polar surface area (TPSA) is 72.5 Å². The third kappa shape index (κ3) is 3.97. The van der Waals surface area contributed by atoms with E-state index in [2.05, 4.69) is 11.6 Å². The zero-order valence-electron chi connectivity index (χ0n) is 13.0. The molecule has 6 heteroatoms. The fourth-order valence-corrected chi connectivity index (χ4v) is 5.56. The van der Waals surface area contributed by atoms with E-state index in [1.807, 2.05) is 0 Å². The average Bonchev–Trinajstić information content (AvgIpc) is 2.96. The maximum Gasteiger partial charge on any atom is 0.310 e. The number of esters is 1. The molecule has 2 fully saturated rings. The molecule has 0 bridgehead atoms. The summed E-state index contributed by atoms with van der Waals surface area (Å²) in [6.07, 6.45) is 6.64. The van der Waals surface area contributed by atoms with Crippen molar-refractivity contribution >= 4 is 16.0 Å².